The van der Waals surface area contributed by atoms with E-state index in [1.54, 1.807) is 20.8 Å². The summed E-state index contributed by atoms with van der Waals surface area (Å²) in [6.07, 6.45) is 0. The van der Waals surface area contributed by atoms with E-state index in [1.807, 2.05) is 33.8 Å². The Bertz CT molecular complexity index is 804. The second-order valence-corrected chi connectivity index (χ2v) is 7.41. The van der Waals surface area contributed by atoms with Crippen molar-refractivity contribution in [2.24, 2.45) is 5.92 Å². The molecule has 2 heterocycles. The molecule has 25 heavy (non-hydrogen) atoms. The van der Waals surface area contributed by atoms with E-state index in [2.05, 4.69) is 20.4 Å². The van der Waals surface area contributed by atoms with Crippen LogP contribution in [0.4, 0.5) is 0 Å². The van der Waals surface area contributed by atoms with Crippen molar-refractivity contribution in [3.05, 3.63) is 23.3 Å². The molecule has 1 atom stereocenters. The molecule has 0 aliphatic carbocycles. The Balaban J connectivity index is 2.24. The van der Waals surface area contributed by atoms with Crippen LogP contribution in [0, 0.1) is 19.8 Å². The number of carbonyl (C=O) groups excluding carboxylic acids is 2. The van der Waals surface area contributed by atoms with Gasteiger partial charge in [-0.25, -0.2) is 14.3 Å². The van der Waals surface area contributed by atoms with Crippen molar-refractivity contribution < 1.29 is 14.3 Å². The van der Waals surface area contributed by atoms with E-state index in [9.17, 15) is 9.59 Å². The predicted molar refractivity (Wildman–Crippen MR) is 92.2 cm³/mol. The van der Waals surface area contributed by atoms with Crippen LogP contribution in [0.25, 0.3) is 5.78 Å². The number of nitrogens with zero attached hydrogens (tertiary/aromatic N) is 4. The van der Waals surface area contributed by atoms with Crippen LogP contribution in [0.2, 0.25) is 0 Å². The van der Waals surface area contributed by atoms with Gasteiger partial charge in [-0.15, -0.1) is 5.10 Å². The van der Waals surface area contributed by atoms with Gasteiger partial charge < -0.3 is 10.1 Å². The second kappa shape index (κ2) is 6.78. The highest BCUT2D eigenvalue weighted by molar-refractivity contribution is 5.94. The van der Waals surface area contributed by atoms with Gasteiger partial charge in [-0.3, -0.25) is 4.79 Å². The molecule has 2 rings (SSSR count). The summed E-state index contributed by atoms with van der Waals surface area (Å²) in [5.41, 5.74) is 0.981. The first-order chi connectivity index (χ1) is 11.5. The maximum atomic E-state index is 12.5. The number of esters is 1. The van der Waals surface area contributed by atoms with Gasteiger partial charge in [0.2, 0.25) is 5.82 Å². The minimum absolute atomic E-state index is 0.0320. The minimum Gasteiger partial charge on any atom is -0.458 e. The monoisotopic (exact) mass is 347 g/mol. The number of rotatable bonds is 4. The number of aromatic nitrogens is 4. The molecule has 0 bridgehead atoms. The summed E-state index contributed by atoms with van der Waals surface area (Å²) < 4.78 is 6.88. The Kier molecular flexibility index (Phi) is 5.10. The van der Waals surface area contributed by atoms with Crippen LogP contribution in [0.3, 0.4) is 0 Å². The van der Waals surface area contributed by atoms with Gasteiger partial charge in [-0.2, -0.15) is 4.98 Å². The smallest absolute Gasteiger partial charge is 0.329 e. The van der Waals surface area contributed by atoms with Gasteiger partial charge in [-0.1, -0.05) is 13.8 Å². The van der Waals surface area contributed by atoms with E-state index >= 15 is 0 Å². The lowest BCUT2D eigenvalue weighted by atomic mass is 10.0. The second-order valence-electron chi connectivity index (χ2n) is 7.41. The summed E-state index contributed by atoms with van der Waals surface area (Å²) in [5, 5.41) is 6.85. The molecule has 0 aromatic carbocycles. The third-order valence-corrected chi connectivity index (χ3v) is 3.44. The largest absolute Gasteiger partial charge is 0.458 e. The van der Waals surface area contributed by atoms with E-state index in [4.69, 9.17) is 4.74 Å². The maximum Gasteiger partial charge on any atom is 0.329 e. The average molecular weight is 347 g/mol. The Morgan fingerprint density at radius 2 is 1.84 bits per heavy atom. The first kappa shape index (κ1) is 18.8. The SMILES string of the molecule is Cc1cc(C)n2nc(C(=O)N[C@@H](C(=O)OC(C)(C)C)C(C)C)nc2n1. The molecule has 8 nitrogen and oxygen atoms in total. The van der Waals surface area contributed by atoms with Crippen LogP contribution in [-0.2, 0) is 9.53 Å². The number of fused-ring (bicyclic) bond motifs is 1. The molecule has 8 heteroatoms. The van der Waals surface area contributed by atoms with Crippen molar-refractivity contribution in [3.8, 4) is 0 Å². The number of hydrogen-bond donors (Lipinski definition) is 1. The van der Waals surface area contributed by atoms with Crippen LogP contribution in [0.1, 0.15) is 56.6 Å². The van der Waals surface area contributed by atoms with E-state index in [1.165, 1.54) is 4.52 Å². The molecular formula is C17H25N5O3. The van der Waals surface area contributed by atoms with Gasteiger partial charge in [0.05, 0.1) is 0 Å². The molecule has 0 aliphatic heterocycles. The van der Waals surface area contributed by atoms with E-state index in [-0.39, 0.29) is 11.7 Å². The fourth-order valence-electron chi connectivity index (χ4n) is 2.33. The lowest BCUT2D eigenvalue weighted by Gasteiger charge is -2.26. The molecule has 0 saturated heterocycles. The fourth-order valence-corrected chi connectivity index (χ4v) is 2.33. The number of aryl methyl sites for hydroxylation is 2. The molecule has 2 aromatic rings. The summed E-state index contributed by atoms with van der Waals surface area (Å²) >= 11 is 0. The number of amides is 1. The first-order valence-corrected chi connectivity index (χ1v) is 8.22. The lowest BCUT2D eigenvalue weighted by molar-refractivity contribution is -0.158. The van der Waals surface area contributed by atoms with Crippen molar-refractivity contribution in [1.29, 1.82) is 0 Å². The van der Waals surface area contributed by atoms with Crippen molar-refractivity contribution in [2.75, 3.05) is 0 Å². The van der Waals surface area contributed by atoms with Gasteiger partial charge in [0, 0.05) is 11.4 Å². The molecule has 0 saturated carbocycles. The van der Waals surface area contributed by atoms with Crippen molar-refractivity contribution in [2.45, 2.75) is 60.1 Å². The molecular weight excluding hydrogens is 322 g/mol. The summed E-state index contributed by atoms with van der Waals surface area (Å²) in [7, 11) is 0. The zero-order chi connectivity index (χ0) is 18.9. The average Bonchev–Trinajstić information content (AvgIpc) is 2.86. The lowest BCUT2D eigenvalue weighted by Crippen LogP contribution is -2.47. The van der Waals surface area contributed by atoms with Crippen molar-refractivity contribution in [3.63, 3.8) is 0 Å². The Morgan fingerprint density at radius 3 is 2.40 bits per heavy atom. The van der Waals surface area contributed by atoms with Gasteiger partial charge >= 0.3 is 5.97 Å². The van der Waals surface area contributed by atoms with Crippen LogP contribution >= 0.6 is 0 Å². The molecule has 2 aromatic heterocycles. The van der Waals surface area contributed by atoms with E-state index < -0.39 is 23.5 Å². The zero-order valence-corrected chi connectivity index (χ0v) is 15.7. The molecule has 1 amide bonds. The highest BCUT2D eigenvalue weighted by atomic mass is 16.6. The molecule has 0 spiro atoms. The summed E-state index contributed by atoms with van der Waals surface area (Å²) in [6.45, 7) is 12.7. The number of ether oxygens (including phenoxy) is 1. The summed E-state index contributed by atoms with van der Waals surface area (Å²) in [4.78, 5) is 33.3. The minimum atomic E-state index is -0.783. The fraction of sp³-hybridized carbons (Fsp3) is 0.588. The quantitative estimate of drug-likeness (QED) is 0.847. The van der Waals surface area contributed by atoms with Crippen LogP contribution < -0.4 is 5.32 Å². The van der Waals surface area contributed by atoms with Gasteiger partial charge in [0.15, 0.2) is 0 Å². The van der Waals surface area contributed by atoms with Crippen LogP contribution in [-0.4, -0.2) is 43.1 Å². The van der Waals surface area contributed by atoms with Crippen molar-refractivity contribution >= 4 is 17.7 Å². The predicted octanol–water partition coefficient (Wildman–Crippen LogP) is 1.84. The maximum absolute atomic E-state index is 12.5. The third-order valence-electron chi connectivity index (χ3n) is 3.44. The Morgan fingerprint density at radius 1 is 1.20 bits per heavy atom. The summed E-state index contributed by atoms with van der Waals surface area (Å²) in [6, 6.07) is 1.06. The summed E-state index contributed by atoms with van der Waals surface area (Å²) in [5.74, 6) is -0.841. The first-order valence-electron chi connectivity index (χ1n) is 8.22. The van der Waals surface area contributed by atoms with Gasteiger partial charge in [0.1, 0.15) is 11.6 Å². The molecule has 1 N–H and O–H groups in total. The van der Waals surface area contributed by atoms with E-state index in [0.717, 1.165) is 11.4 Å². The van der Waals surface area contributed by atoms with Crippen LogP contribution in [0.5, 0.6) is 0 Å². The van der Waals surface area contributed by atoms with Gasteiger partial charge in [-0.05, 0) is 46.6 Å². The molecule has 136 valence electrons. The zero-order valence-electron chi connectivity index (χ0n) is 15.7. The topological polar surface area (TPSA) is 98.5 Å². The molecule has 0 aliphatic rings. The van der Waals surface area contributed by atoms with Gasteiger partial charge in [0.25, 0.3) is 11.7 Å². The molecule has 0 unspecified atom stereocenters. The van der Waals surface area contributed by atoms with Crippen LogP contribution in [0.15, 0.2) is 6.07 Å². The Hall–Kier alpha value is -2.51. The number of carbonyl (C=O) groups is 2. The standard InChI is InChI=1S/C17H25N5O3/c1-9(2)12(15(24)25-17(5,6)7)19-14(23)13-20-16-18-10(3)8-11(4)22(16)21-13/h8-9,12H,1-7H3,(H,19,23)/t12-/m1/s1. The third kappa shape index (κ3) is 4.52. The molecule has 0 radical (unpaired) electrons. The Labute approximate surface area is 147 Å². The molecule has 0 fully saturated rings. The number of hydrogen-bond acceptors (Lipinski definition) is 6. The van der Waals surface area contributed by atoms with E-state index in [0.29, 0.717) is 5.78 Å². The highest BCUT2D eigenvalue weighted by Gasteiger charge is 2.30. The normalized spacial score (nSPS) is 13.1. The number of nitrogens with one attached hydrogen (secondary N) is 1. The highest BCUT2D eigenvalue weighted by Crippen LogP contribution is 2.13. The van der Waals surface area contributed by atoms with Crippen molar-refractivity contribution in [1.82, 2.24) is 24.9 Å².